The van der Waals surface area contributed by atoms with Crippen LogP contribution in [0.25, 0.3) is 10.9 Å². The Morgan fingerprint density at radius 2 is 1.82 bits per heavy atom. The molecular weight excluding hydrogens is 362 g/mol. The normalized spacial score (nSPS) is 23.0. The van der Waals surface area contributed by atoms with Crippen LogP contribution in [-0.4, -0.2) is 39.2 Å². The number of nitrogens with one attached hydrogen (secondary N) is 1. The Bertz CT molecular complexity index is 990. The molecular formula is C20H21N3O5. The standard InChI is InChI=1S/C20H21N3O5/c1-11(17-21-15-9-5-4-8-14(15)18(25)22-17)28-16(24)10-23-19(26)12-6-2-3-7-13(12)20(23)27/h4-5,8-9,11-13H,2-3,6-7,10H2,1H3,(H,21,22,25)/t11-,12-,13+/m1/s1. The number of likely N-dealkylation sites (tertiary alicyclic amines) is 1. The number of aromatic amines is 1. The highest BCUT2D eigenvalue weighted by atomic mass is 16.5. The molecule has 0 bridgehead atoms. The zero-order valence-corrected chi connectivity index (χ0v) is 15.5. The van der Waals surface area contributed by atoms with E-state index in [1.165, 1.54) is 0 Å². The summed E-state index contributed by atoms with van der Waals surface area (Å²) in [7, 11) is 0. The average molecular weight is 383 g/mol. The molecule has 1 aliphatic carbocycles. The fourth-order valence-corrected chi connectivity index (χ4v) is 4.10. The van der Waals surface area contributed by atoms with Crippen LogP contribution in [0.2, 0.25) is 0 Å². The molecule has 8 nitrogen and oxygen atoms in total. The Balaban J connectivity index is 1.46. The number of carbonyl (C=O) groups is 3. The van der Waals surface area contributed by atoms with Gasteiger partial charge in [0.2, 0.25) is 11.8 Å². The van der Waals surface area contributed by atoms with Crippen LogP contribution in [0, 0.1) is 11.8 Å². The number of para-hydroxylation sites is 1. The first-order chi connectivity index (χ1) is 13.5. The molecule has 1 saturated heterocycles. The number of esters is 1. The summed E-state index contributed by atoms with van der Waals surface area (Å²) in [6.45, 7) is 1.17. The lowest BCUT2D eigenvalue weighted by atomic mass is 9.81. The van der Waals surface area contributed by atoms with Crippen molar-refractivity contribution in [2.24, 2.45) is 11.8 Å². The summed E-state index contributed by atoms with van der Waals surface area (Å²) in [5.41, 5.74) is 0.176. The maximum Gasteiger partial charge on any atom is 0.326 e. The minimum atomic E-state index is -0.820. The van der Waals surface area contributed by atoms with Crippen molar-refractivity contribution in [3.63, 3.8) is 0 Å². The number of H-pyrrole nitrogens is 1. The molecule has 2 aromatic rings. The van der Waals surface area contributed by atoms with Gasteiger partial charge in [-0.2, -0.15) is 0 Å². The van der Waals surface area contributed by atoms with Crippen LogP contribution in [0.15, 0.2) is 29.1 Å². The highest BCUT2D eigenvalue weighted by Crippen LogP contribution is 2.37. The molecule has 1 aromatic heterocycles. The predicted molar refractivity (Wildman–Crippen MR) is 99.0 cm³/mol. The molecule has 1 aliphatic heterocycles. The topological polar surface area (TPSA) is 109 Å². The molecule has 2 heterocycles. The molecule has 4 rings (SSSR count). The Hall–Kier alpha value is -3.03. The SMILES string of the molecule is C[C@@H](OC(=O)CN1C(=O)[C@H]2CCCC[C@H]2C1=O)c1nc2ccccc2c(=O)[nH]1. The number of nitrogens with zero attached hydrogens (tertiary/aromatic N) is 2. The van der Waals surface area contributed by atoms with Gasteiger partial charge in [0.25, 0.3) is 5.56 Å². The third-order valence-electron chi connectivity index (χ3n) is 5.54. The Kier molecular flexibility index (Phi) is 4.70. The van der Waals surface area contributed by atoms with Crippen molar-refractivity contribution in [3.8, 4) is 0 Å². The van der Waals surface area contributed by atoms with Crippen LogP contribution in [-0.2, 0) is 19.1 Å². The Morgan fingerprint density at radius 3 is 2.50 bits per heavy atom. The zero-order valence-electron chi connectivity index (χ0n) is 15.5. The van der Waals surface area contributed by atoms with Gasteiger partial charge in [-0.25, -0.2) is 4.98 Å². The number of carbonyl (C=O) groups excluding carboxylic acids is 3. The molecule has 1 aromatic carbocycles. The molecule has 8 heteroatoms. The number of benzene rings is 1. The van der Waals surface area contributed by atoms with Gasteiger partial charge in [0, 0.05) is 0 Å². The summed E-state index contributed by atoms with van der Waals surface area (Å²) >= 11 is 0. The number of rotatable bonds is 4. The van der Waals surface area contributed by atoms with E-state index < -0.39 is 18.6 Å². The summed E-state index contributed by atoms with van der Waals surface area (Å²) in [6.07, 6.45) is 2.42. The van der Waals surface area contributed by atoms with Crippen molar-refractivity contribution in [1.82, 2.24) is 14.9 Å². The summed E-state index contributed by atoms with van der Waals surface area (Å²) in [4.78, 5) is 57.4. The van der Waals surface area contributed by atoms with Crippen molar-refractivity contribution in [2.75, 3.05) is 6.54 Å². The van der Waals surface area contributed by atoms with Gasteiger partial charge in [-0.05, 0) is 31.9 Å². The van der Waals surface area contributed by atoms with E-state index in [2.05, 4.69) is 9.97 Å². The second kappa shape index (κ2) is 7.18. The van der Waals surface area contributed by atoms with Gasteiger partial charge < -0.3 is 9.72 Å². The van der Waals surface area contributed by atoms with Crippen LogP contribution in [0.5, 0.6) is 0 Å². The molecule has 2 fully saturated rings. The first-order valence-corrected chi connectivity index (χ1v) is 9.49. The number of ether oxygens (including phenoxy) is 1. The number of hydrogen-bond donors (Lipinski definition) is 1. The first-order valence-electron chi connectivity index (χ1n) is 9.49. The summed E-state index contributed by atoms with van der Waals surface area (Å²) in [6, 6.07) is 6.86. The van der Waals surface area contributed by atoms with E-state index in [0.717, 1.165) is 17.7 Å². The molecule has 0 unspecified atom stereocenters. The van der Waals surface area contributed by atoms with Crippen LogP contribution < -0.4 is 5.56 Å². The van der Waals surface area contributed by atoms with Gasteiger partial charge in [0.15, 0.2) is 11.9 Å². The van der Waals surface area contributed by atoms with E-state index in [1.807, 2.05) is 0 Å². The van der Waals surface area contributed by atoms with E-state index in [-0.39, 0.29) is 35.0 Å². The van der Waals surface area contributed by atoms with Crippen molar-refractivity contribution in [3.05, 3.63) is 40.4 Å². The zero-order chi connectivity index (χ0) is 19.8. The van der Waals surface area contributed by atoms with Crippen molar-refractivity contribution < 1.29 is 19.1 Å². The average Bonchev–Trinajstić information content (AvgIpc) is 2.93. The highest BCUT2D eigenvalue weighted by molar-refractivity contribution is 6.07. The molecule has 2 aliphatic rings. The van der Waals surface area contributed by atoms with E-state index in [4.69, 9.17) is 4.74 Å². The predicted octanol–water partition coefficient (Wildman–Crippen LogP) is 1.70. The molecule has 1 saturated carbocycles. The van der Waals surface area contributed by atoms with Gasteiger partial charge in [-0.15, -0.1) is 0 Å². The fraction of sp³-hybridized carbons (Fsp3) is 0.450. The smallest absolute Gasteiger partial charge is 0.326 e. The van der Waals surface area contributed by atoms with Crippen molar-refractivity contribution in [2.45, 2.75) is 38.7 Å². The number of fused-ring (bicyclic) bond motifs is 2. The van der Waals surface area contributed by atoms with Crippen molar-refractivity contribution >= 4 is 28.7 Å². The minimum absolute atomic E-state index is 0.213. The number of hydrogen-bond acceptors (Lipinski definition) is 6. The summed E-state index contributed by atoms with van der Waals surface area (Å²) < 4.78 is 5.33. The lowest BCUT2D eigenvalue weighted by molar-refractivity contribution is -0.156. The van der Waals surface area contributed by atoms with E-state index in [0.29, 0.717) is 23.7 Å². The quantitative estimate of drug-likeness (QED) is 0.636. The lowest BCUT2D eigenvalue weighted by Gasteiger charge is -2.19. The number of amides is 2. The summed E-state index contributed by atoms with van der Waals surface area (Å²) in [5, 5.41) is 0.445. The number of imide groups is 1. The Morgan fingerprint density at radius 1 is 1.18 bits per heavy atom. The fourth-order valence-electron chi connectivity index (χ4n) is 4.10. The number of aromatic nitrogens is 2. The van der Waals surface area contributed by atoms with E-state index >= 15 is 0 Å². The maximum absolute atomic E-state index is 12.5. The van der Waals surface area contributed by atoms with Gasteiger partial charge in [0.1, 0.15) is 6.54 Å². The molecule has 1 N–H and O–H groups in total. The Labute approximate surface area is 160 Å². The third-order valence-corrected chi connectivity index (χ3v) is 5.54. The molecule has 3 atom stereocenters. The summed E-state index contributed by atoms with van der Waals surface area (Å²) in [5.74, 6) is -1.66. The van der Waals surface area contributed by atoms with Crippen molar-refractivity contribution in [1.29, 1.82) is 0 Å². The second-order valence-electron chi connectivity index (χ2n) is 7.36. The van der Waals surface area contributed by atoms with Crippen LogP contribution in [0.3, 0.4) is 0 Å². The highest BCUT2D eigenvalue weighted by Gasteiger charge is 2.48. The van der Waals surface area contributed by atoms with Gasteiger partial charge >= 0.3 is 5.97 Å². The monoisotopic (exact) mass is 383 g/mol. The third kappa shape index (κ3) is 3.19. The van der Waals surface area contributed by atoms with Crippen LogP contribution in [0.4, 0.5) is 0 Å². The van der Waals surface area contributed by atoms with E-state index in [1.54, 1.807) is 31.2 Å². The minimum Gasteiger partial charge on any atom is -0.453 e. The van der Waals surface area contributed by atoms with Gasteiger partial charge in [-0.3, -0.25) is 24.1 Å². The van der Waals surface area contributed by atoms with Crippen LogP contribution in [0.1, 0.15) is 44.5 Å². The second-order valence-corrected chi connectivity index (χ2v) is 7.36. The maximum atomic E-state index is 12.5. The molecule has 0 radical (unpaired) electrons. The molecule has 146 valence electrons. The first kappa shape index (κ1) is 18.3. The van der Waals surface area contributed by atoms with Gasteiger partial charge in [0.05, 0.1) is 22.7 Å². The lowest BCUT2D eigenvalue weighted by Crippen LogP contribution is -2.37. The molecule has 2 amide bonds. The van der Waals surface area contributed by atoms with Gasteiger partial charge in [-0.1, -0.05) is 25.0 Å². The van der Waals surface area contributed by atoms with E-state index in [9.17, 15) is 19.2 Å². The van der Waals surface area contributed by atoms with Crippen LogP contribution >= 0.6 is 0 Å². The molecule has 28 heavy (non-hydrogen) atoms. The largest absolute Gasteiger partial charge is 0.453 e. The molecule has 0 spiro atoms.